The quantitative estimate of drug-likeness (QED) is 0.714. The van der Waals surface area contributed by atoms with Crippen LogP contribution in [0.4, 0.5) is 0 Å². The van der Waals surface area contributed by atoms with Crippen molar-refractivity contribution in [3.63, 3.8) is 0 Å². The molecule has 1 fully saturated rings. The van der Waals surface area contributed by atoms with Gasteiger partial charge in [-0.25, -0.2) is 8.42 Å². The predicted octanol–water partition coefficient (Wildman–Crippen LogP) is 0.00750. The number of amides is 1. The first-order chi connectivity index (χ1) is 13.8. The van der Waals surface area contributed by atoms with Gasteiger partial charge in [0.15, 0.2) is 12.3 Å². The zero-order chi connectivity index (χ0) is 21.0. The number of nitrogens with zero attached hydrogens (tertiary/aromatic N) is 3. The van der Waals surface area contributed by atoms with Crippen LogP contribution in [0.3, 0.4) is 0 Å². The number of rotatable bonds is 6. The summed E-state index contributed by atoms with van der Waals surface area (Å²) in [7, 11) is -1.83. The van der Waals surface area contributed by atoms with Crippen molar-refractivity contribution in [2.24, 2.45) is 0 Å². The molecule has 0 saturated carbocycles. The maximum atomic E-state index is 12.9. The van der Waals surface area contributed by atoms with E-state index in [2.05, 4.69) is 0 Å². The van der Waals surface area contributed by atoms with Crippen molar-refractivity contribution in [3.8, 4) is 6.07 Å². The minimum absolute atomic E-state index is 0.0137. The molecular formula is C20H25N4O4S+. The molecule has 29 heavy (non-hydrogen) atoms. The number of nitrogens with one attached hydrogen (secondary N) is 1. The lowest BCUT2D eigenvalue weighted by molar-refractivity contribution is -0.886. The van der Waals surface area contributed by atoms with Gasteiger partial charge >= 0.3 is 0 Å². The van der Waals surface area contributed by atoms with E-state index in [9.17, 15) is 18.5 Å². The molecule has 9 heteroatoms. The molecule has 1 aromatic heterocycles. The first-order valence-corrected chi connectivity index (χ1v) is 10.9. The van der Waals surface area contributed by atoms with E-state index in [0.717, 1.165) is 16.4 Å². The van der Waals surface area contributed by atoms with Crippen molar-refractivity contribution in [1.29, 1.82) is 5.26 Å². The summed E-state index contributed by atoms with van der Waals surface area (Å²) in [6, 6.07) is 11.9. The molecule has 2 heterocycles. The number of quaternary nitrogens is 1. The number of likely N-dealkylation sites (N-methyl/N-ethyl adjacent to an activating group) is 1. The van der Waals surface area contributed by atoms with Gasteiger partial charge in [0.2, 0.25) is 10.0 Å². The molecule has 0 aliphatic carbocycles. The molecule has 8 nitrogen and oxygen atoms in total. The Hall–Kier alpha value is -2.67. The van der Waals surface area contributed by atoms with E-state index in [1.54, 1.807) is 17.0 Å². The maximum absolute atomic E-state index is 12.9. The van der Waals surface area contributed by atoms with Gasteiger partial charge in [0, 0.05) is 26.2 Å². The van der Waals surface area contributed by atoms with Crippen LogP contribution >= 0.6 is 0 Å². The van der Waals surface area contributed by atoms with Crippen molar-refractivity contribution in [2.75, 3.05) is 39.8 Å². The van der Waals surface area contributed by atoms with E-state index in [4.69, 9.17) is 4.42 Å². The molecule has 1 saturated heterocycles. The van der Waals surface area contributed by atoms with Crippen molar-refractivity contribution in [2.45, 2.75) is 18.4 Å². The summed E-state index contributed by atoms with van der Waals surface area (Å²) < 4.78 is 32.7. The Balaban J connectivity index is 1.57. The molecule has 0 spiro atoms. The van der Waals surface area contributed by atoms with Crippen LogP contribution in [0.15, 0.2) is 45.7 Å². The van der Waals surface area contributed by atoms with Crippen molar-refractivity contribution in [1.82, 2.24) is 9.21 Å². The van der Waals surface area contributed by atoms with Gasteiger partial charge in [-0.1, -0.05) is 12.1 Å². The van der Waals surface area contributed by atoms with Gasteiger partial charge in [-0.05, 0) is 31.2 Å². The second-order valence-corrected chi connectivity index (χ2v) is 9.12. The van der Waals surface area contributed by atoms with Crippen LogP contribution in [0.5, 0.6) is 0 Å². The van der Waals surface area contributed by atoms with Crippen LogP contribution < -0.4 is 4.90 Å². The molecule has 0 bridgehead atoms. The largest absolute Gasteiger partial charge is 0.460 e. The van der Waals surface area contributed by atoms with Crippen LogP contribution in [0, 0.1) is 18.3 Å². The summed E-state index contributed by atoms with van der Waals surface area (Å²) in [4.78, 5) is 15.3. The summed E-state index contributed by atoms with van der Waals surface area (Å²) in [6.45, 7) is 3.89. The number of sulfonamides is 1. The number of carbonyl (C=O) groups is 1. The number of hydrogen-bond acceptors (Lipinski definition) is 5. The topological polar surface area (TPSA) is 99.1 Å². The summed E-state index contributed by atoms with van der Waals surface area (Å²) in [5.74, 6) is 1.66. The highest BCUT2D eigenvalue weighted by molar-refractivity contribution is 7.89. The number of aryl methyl sites for hydroxylation is 1. The zero-order valence-corrected chi connectivity index (χ0v) is 17.4. The van der Waals surface area contributed by atoms with Crippen LogP contribution in [-0.2, 0) is 21.4 Å². The van der Waals surface area contributed by atoms with E-state index in [1.165, 1.54) is 16.4 Å². The Bertz CT molecular complexity index is 1020. The minimum atomic E-state index is -3.76. The molecule has 1 unspecified atom stereocenters. The lowest BCUT2D eigenvalue weighted by Gasteiger charge is -2.34. The summed E-state index contributed by atoms with van der Waals surface area (Å²) in [5.41, 5.74) is 0.129. The summed E-state index contributed by atoms with van der Waals surface area (Å²) >= 11 is 0. The average molecular weight is 418 g/mol. The maximum Gasteiger partial charge on any atom is 0.277 e. The first-order valence-electron chi connectivity index (χ1n) is 9.45. The Morgan fingerprint density at radius 2 is 1.86 bits per heavy atom. The lowest BCUT2D eigenvalue weighted by atomic mass is 10.2. The molecule has 1 aromatic carbocycles. The van der Waals surface area contributed by atoms with Crippen molar-refractivity contribution in [3.05, 3.63) is 53.5 Å². The highest BCUT2D eigenvalue weighted by atomic mass is 32.2. The highest BCUT2D eigenvalue weighted by Gasteiger charge is 2.32. The molecule has 1 N–H and O–H groups in total. The fourth-order valence-corrected chi connectivity index (χ4v) is 4.98. The van der Waals surface area contributed by atoms with Gasteiger partial charge in [-0.3, -0.25) is 4.79 Å². The van der Waals surface area contributed by atoms with Crippen LogP contribution in [0.25, 0.3) is 0 Å². The predicted molar refractivity (Wildman–Crippen MR) is 105 cm³/mol. The number of benzene rings is 1. The smallest absolute Gasteiger partial charge is 0.277 e. The van der Waals surface area contributed by atoms with Gasteiger partial charge < -0.3 is 14.2 Å². The SMILES string of the molecule is Cc1ccc(C[NH+](C)CC(=O)N2CCN(S(=O)(=O)c3ccccc3C#N)CC2)o1. The Labute approximate surface area is 171 Å². The highest BCUT2D eigenvalue weighted by Crippen LogP contribution is 2.21. The van der Waals surface area contributed by atoms with E-state index in [0.29, 0.717) is 26.2 Å². The van der Waals surface area contributed by atoms with Crippen LogP contribution in [-0.4, -0.2) is 63.3 Å². The molecule has 1 atom stereocenters. The number of hydrogen-bond donors (Lipinski definition) is 1. The molecule has 0 radical (unpaired) electrons. The monoisotopic (exact) mass is 417 g/mol. The van der Waals surface area contributed by atoms with Crippen molar-refractivity contribution >= 4 is 15.9 Å². The van der Waals surface area contributed by atoms with E-state index < -0.39 is 10.0 Å². The standard InChI is InChI=1S/C20H24N4O4S/c1-16-7-8-18(28-16)14-22(2)15-20(25)23-9-11-24(12-10-23)29(26,27)19-6-4-3-5-17(19)13-21/h3-8H,9-12,14-15H2,1-2H3/p+1. The normalized spacial score (nSPS) is 16.4. The molecular weight excluding hydrogens is 392 g/mol. The molecule has 1 amide bonds. The van der Waals surface area contributed by atoms with Gasteiger partial charge in [-0.2, -0.15) is 9.57 Å². The third kappa shape index (κ3) is 4.85. The summed E-state index contributed by atoms with van der Waals surface area (Å²) in [6.07, 6.45) is 0. The molecule has 2 aromatic rings. The van der Waals surface area contributed by atoms with E-state index in [-0.39, 0.29) is 29.5 Å². The van der Waals surface area contributed by atoms with E-state index in [1.807, 2.05) is 32.2 Å². The number of nitriles is 1. The second-order valence-electron chi connectivity index (χ2n) is 7.22. The fourth-order valence-electron chi connectivity index (χ4n) is 3.41. The number of piperazine rings is 1. The number of furan rings is 1. The lowest BCUT2D eigenvalue weighted by Crippen LogP contribution is -3.08. The third-order valence-electron chi connectivity index (χ3n) is 4.94. The molecule has 1 aliphatic rings. The summed E-state index contributed by atoms with van der Waals surface area (Å²) in [5, 5.41) is 9.19. The Kier molecular flexibility index (Phi) is 6.37. The van der Waals surface area contributed by atoms with Gasteiger partial charge in [-0.15, -0.1) is 0 Å². The van der Waals surface area contributed by atoms with Gasteiger partial charge in [0.05, 0.1) is 17.5 Å². The average Bonchev–Trinajstić information content (AvgIpc) is 3.12. The van der Waals surface area contributed by atoms with Gasteiger partial charge in [0.1, 0.15) is 18.4 Å². The van der Waals surface area contributed by atoms with Crippen molar-refractivity contribution < 1.29 is 22.5 Å². The van der Waals surface area contributed by atoms with Gasteiger partial charge in [0.25, 0.3) is 5.91 Å². The van der Waals surface area contributed by atoms with E-state index >= 15 is 0 Å². The molecule has 154 valence electrons. The zero-order valence-electron chi connectivity index (χ0n) is 16.6. The Morgan fingerprint density at radius 3 is 2.48 bits per heavy atom. The molecule has 3 rings (SSSR count). The fraction of sp³-hybridized carbons (Fsp3) is 0.400. The Morgan fingerprint density at radius 1 is 1.17 bits per heavy atom. The molecule has 1 aliphatic heterocycles. The third-order valence-corrected chi connectivity index (χ3v) is 6.90. The minimum Gasteiger partial charge on any atom is -0.460 e. The van der Waals surface area contributed by atoms with Crippen LogP contribution in [0.1, 0.15) is 17.1 Å². The van der Waals surface area contributed by atoms with Crippen LogP contribution in [0.2, 0.25) is 0 Å². The first kappa shape index (κ1) is 21.0. The second kappa shape index (κ2) is 8.78. The number of carbonyl (C=O) groups excluding carboxylic acids is 1.